The van der Waals surface area contributed by atoms with Gasteiger partial charge in [-0.25, -0.2) is 0 Å². The highest BCUT2D eigenvalue weighted by Gasteiger charge is 2.32. The van der Waals surface area contributed by atoms with Crippen LogP contribution in [0.1, 0.15) is 70.6 Å². The quantitative estimate of drug-likeness (QED) is 0.440. The number of allylic oxidation sites excluding steroid dienone is 5. The van der Waals surface area contributed by atoms with Gasteiger partial charge in [0, 0.05) is 5.56 Å². The van der Waals surface area contributed by atoms with Crippen molar-refractivity contribution < 1.29 is 4.74 Å². The van der Waals surface area contributed by atoms with Gasteiger partial charge in [0.2, 0.25) is 0 Å². The minimum atomic E-state index is 0.154. The van der Waals surface area contributed by atoms with Crippen LogP contribution in [0, 0.1) is 12.3 Å². The molecule has 3 rings (SSSR count). The fourth-order valence-corrected chi connectivity index (χ4v) is 4.81. The van der Waals surface area contributed by atoms with Crippen molar-refractivity contribution in [1.29, 1.82) is 0 Å². The van der Waals surface area contributed by atoms with Crippen LogP contribution in [0.2, 0.25) is 0 Å². The zero-order chi connectivity index (χ0) is 21.9. The van der Waals surface area contributed by atoms with Crippen LogP contribution >= 0.6 is 0 Å². The molecule has 0 bridgehead atoms. The lowest BCUT2D eigenvalue weighted by atomic mass is 9.67. The summed E-state index contributed by atoms with van der Waals surface area (Å²) in [6.45, 7) is 17.7. The lowest BCUT2D eigenvalue weighted by Gasteiger charge is -2.37. The maximum absolute atomic E-state index is 6.36. The van der Waals surface area contributed by atoms with Gasteiger partial charge in [0.15, 0.2) is 0 Å². The summed E-state index contributed by atoms with van der Waals surface area (Å²) in [4.78, 5) is 0. The first kappa shape index (κ1) is 22.2. The van der Waals surface area contributed by atoms with Crippen molar-refractivity contribution >= 4 is 5.57 Å². The van der Waals surface area contributed by atoms with E-state index in [0.29, 0.717) is 0 Å². The van der Waals surface area contributed by atoms with Crippen LogP contribution in [0.4, 0.5) is 0 Å². The first-order valence-corrected chi connectivity index (χ1v) is 11.2. The number of hydrogen-bond donors (Lipinski definition) is 0. The molecule has 0 heterocycles. The van der Waals surface area contributed by atoms with Crippen LogP contribution in [0.15, 0.2) is 71.8 Å². The van der Waals surface area contributed by atoms with Crippen molar-refractivity contribution in [3.05, 3.63) is 88.5 Å². The normalized spacial score (nSPS) is 16.9. The summed E-state index contributed by atoms with van der Waals surface area (Å²) in [7, 11) is 0. The van der Waals surface area contributed by atoms with Crippen LogP contribution in [-0.2, 0) is 6.42 Å². The highest BCUT2D eigenvalue weighted by atomic mass is 16.5. The molecular formula is C29H36O. The van der Waals surface area contributed by atoms with Crippen LogP contribution in [0.5, 0.6) is 11.5 Å². The lowest BCUT2D eigenvalue weighted by Crippen LogP contribution is -2.22. The van der Waals surface area contributed by atoms with Gasteiger partial charge in [0.05, 0.1) is 0 Å². The molecule has 0 spiro atoms. The molecule has 30 heavy (non-hydrogen) atoms. The van der Waals surface area contributed by atoms with E-state index < -0.39 is 0 Å². The molecule has 0 atom stereocenters. The van der Waals surface area contributed by atoms with Crippen molar-refractivity contribution in [2.75, 3.05) is 0 Å². The highest BCUT2D eigenvalue weighted by Crippen LogP contribution is 2.49. The maximum atomic E-state index is 6.36. The Morgan fingerprint density at radius 3 is 2.40 bits per heavy atom. The van der Waals surface area contributed by atoms with Gasteiger partial charge in [-0.05, 0) is 92.4 Å². The second kappa shape index (κ2) is 9.08. The number of rotatable bonds is 6. The summed E-state index contributed by atoms with van der Waals surface area (Å²) in [5.74, 6) is 1.83. The van der Waals surface area contributed by atoms with Gasteiger partial charge in [0.25, 0.3) is 0 Å². The summed E-state index contributed by atoms with van der Waals surface area (Å²) in [5, 5.41) is 0. The molecule has 0 aliphatic heterocycles. The van der Waals surface area contributed by atoms with Crippen LogP contribution in [0.25, 0.3) is 5.57 Å². The molecular weight excluding hydrogens is 364 g/mol. The summed E-state index contributed by atoms with van der Waals surface area (Å²) in [5.41, 5.74) is 9.52. The SMILES string of the molecule is C=CC(C)=C(C1=C(C)CCCC1(C)C)c1cccc(Oc2ccc(C)cc2)c1CC. The van der Waals surface area contributed by atoms with Gasteiger partial charge in [-0.2, -0.15) is 0 Å². The van der Waals surface area contributed by atoms with Gasteiger partial charge in [-0.3, -0.25) is 0 Å². The Hall–Kier alpha value is -2.54. The van der Waals surface area contributed by atoms with E-state index in [0.717, 1.165) is 17.9 Å². The molecule has 0 radical (unpaired) electrons. The van der Waals surface area contributed by atoms with Crippen LogP contribution < -0.4 is 4.74 Å². The number of benzene rings is 2. The van der Waals surface area contributed by atoms with Crippen LogP contribution in [-0.4, -0.2) is 0 Å². The first-order chi connectivity index (χ1) is 14.3. The van der Waals surface area contributed by atoms with Crippen LogP contribution in [0.3, 0.4) is 0 Å². The van der Waals surface area contributed by atoms with Gasteiger partial charge >= 0.3 is 0 Å². The highest BCUT2D eigenvalue weighted by molar-refractivity contribution is 5.87. The van der Waals surface area contributed by atoms with Gasteiger partial charge in [-0.1, -0.05) is 68.8 Å². The fraction of sp³-hybridized carbons (Fsp3) is 0.379. The number of aryl methyl sites for hydroxylation is 1. The van der Waals surface area contributed by atoms with Crippen molar-refractivity contribution in [3.8, 4) is 11.5 Å². The molecule has 0 aromatic heterocycles. The first-order valence-electron chi connectivity index (χ1n) is 11.2. The van der Waals surface area contributed by atoms with Crippen molar-refractivity contribution in [2.24, 2.45) is 5.41 Å². The van der Waals surface area contributed by atoms with E-state index in [4.69, 9.17) is 4.74 Å². The van der Waals surface area contributed by atoms with Crippen molar-refractivity contribution in [1.82, 2.24) is 0 Å². The minimum absolute atomic E-state index is 0.154. The van der Waals surface area contributed by atoms with E-state index >= 15 is 0 Å². The second-order valence-electron chi connectivity index (χ2n) is 9.21. The molecule has 2 aromatic rings. The number of ether oxygens (including phenoxy) is 1. The topological polar surface area (TPSA) is 9.23 Å². The molecule has 1 aliphatic rings. The second-order valence-corrected chi connectivity index (χ2v) is 9.21. The summed E-state index contributed by atoms with van der Waals surface area (Å²) in [6.07, 6.45) is 6.58. The summed E-state index contributed by atoms with van der Waals surface area (Å²) >= 11 is 0. The monoisotopic (exact) mass is 400 g/mol. The molecule has 0 saturated heterocycles. The fourth-order valence-electron chi connectivity index (χ4n) is 4.81. The predicted molar refractivity (Wildman–Crippen MR) is 130 cm³/mol. The number of hydrogen-bond acceptors (Lipinski definition) is 1. The molecule has 0 saturated carbocycles. The molecule has 1 nitrogen and oxygen atoms in total. The summed E-state index contributed by atoms with van der Waals surface area (Å²) in [6, 6.07) is 14.8. The molecule has 1 aliphatic carbocycles. The van der Waals surface area contributed by atoms with Gasteiger partial charge in [-0.15, -0.1) is 0 Å². The molecule has 0 unspecified atom stereocenters. The largest absolute Gasteiger partial charge is 0.457 e. The average molecular weight is 401 g/mol. The maximum Gasteiger partial charge on any atom is 0.131 e. The third kappa shape index (κ3) is 4.46. The third-order valence-corrected chi connectivity index (χ3v) is 6.41. The molecule has 0 N–H and O–H groups in total. The smallest absolute Gasteiger partial charge is 0.131 e. The average Bonchev–Trinajstić information content (AvgIpc) is 2.71. The lowest BCUT2D eigenvalue weighted by molar-refractivity contribution is 0.379. The predicted octanol–water partition coefficient (Wildman–Crippen LogP) is 8.84. The molecule has 0 amide bonds. The Labute approximate surface area is 183 Å². The van der Waals surface area contributed by atoms with Crippen molar-refractivity contribution in [3.63, 3.8) is 0 Å². The van der Waals surface area contributed by atoms with E-state index in [2.05, 4.69) is 78.5 Å². The van der Waals surface area contributed by atoms with Crippen molar-refractivity contribution in [2.45, 2.75) is 67.2 Å². The van der Waals surface area contributed by atoms with E-state index in [1.165, 1.54) is 58.2 Å². The third-order valence-electron chi connectivity index (χ3n) is 6.41. The van der Waals surface area contributed by atoms with Gasteiger partial charge < -0.3 is 4.74 Å². The Balaban J connectivity index is 2.18. The van der Waals surface area contributed by atoms with Gasteiger partial charge in [0.1, 0.15) is 11.5 Å². The molecule has 1 heteroatoms. The Morgan fingerprint density at radius 2 is 1.80 bits per heavy atom. The Kier molecular flexibility index (Phi) is 6.71. The Morgan fingerprint density at radius 1 is 1.10 bits per heavy atom. The van der Waals surface area contributed by atoms with E-state index in [9.17, 15) is 0 Å². The van der Waals surface area contributed by atoms with E-state index in [-0.39, 0.29) is 5.41 Å². The van der Waals surface area contributed by atoms with E-state index in [1.54, 1.807) is 0 Å². The zero-order valence-electron chi connectivity index (χ0n) is 19.6. The summed E-state index contributed by atoms with van der Waals surface area (Å²) < 4.78 is 6.36. The van der Waals surface area contributed by atoms with E-state index in [1.807, 2.05) is 18.2 Å². The zero-order valence-corrected chi connectivity index (χ0v) is 19.6. The standard InChI is InChI=1S/C29H36O/c1-8-21(4)27(28-22(5)12-11-19-29(28,6)7)25-13-10-14-26(24(25)9-2)30-23-17-15-20(3)16-18-23/h8,10,13-18H,1,9,11-12,19H2,2-7H3. The Bertz CT molecular complexity index is 984. The molecule has 158 valence electrons. The minimum Gasteiger partial charge on any atom is -0.457 e. The molecule has 0 fully saturated rings. The molecule has 2 aromatic carbocycles.